The smallest absolute Gasteiger partial charge is 0.267 e. The van der Waals surface area contributed by atoms with Gasteiger partial charge in [-0.05, 0) is 18.2 Å². The largest absolute Gasteiger partial charge is 0.294 e. The fraction of sp³-hybridized carbons (Fsp3) is 0.154. The van der Waals surface area contributed by atoms with E-state index < -0.39 is 10.0 Å². The zero-order chi connectivity index (χ0) is 13.9. The van der Waals surface area contributed by atoms with Crippen LogP contribution in [-0.2, 0) is 10.0 Å². The van der Waals surface area contributed by atoms with Crippen molar-refractivity contribution >= 4 is 27.4 Å². The molecular weight excluding hydrogens is 286 g/mol. The second-order valence-electron chi connectivity index (χ2n) is 3.91. The summed E-state index contributed by atoms with van der Waals surface area (Å²) in [5.74, 6) is 0.0483. The van der Waals surface area contributed by atoms with Gasteiger partial charge in [0.25, 0.3) is 10.0 Å². The molecule has 19 heavy (non-hydrogen) atoms. The first-order valence-corrected chi connectivity index (χ1v) is 7.61. The Bertz CT molecular complexity index is 677. The number of Topliss-reactive ketones (excluding diaryl/α,β-unsaturated/α-hetero) is 1. The highest BCUT2D eigenvalue weighted by molar-refractivity contribution is 7.90. The quantitative estimate of drug-likeness (QED) is 0.629. The Labute approximate surface area is 116 Å². The summed E-state index contributed by atoms with van der Waals surface area (Å²) >= 11 is 5.49. The minimum Gasteiger partial charge on any atom is -0.294 e. The van der Waals surface area contributed by atoms with Gasteiger partial charge in [0, 0.05) is 30.3 Å². The van der Waals surface area contributed by atoms with Crippen LogP contribution in [0.1, 0.15) is 16.8 Å². The molecule has 0 saturated carbocycles. The number of rotatable bonds is 5. The molecule has 0 saturated heterocycles. The van der Waals surface area contributed by atoms with E-state index in [1.165, 1.54) is 30.6 Å². The highest BCUT2D eigenvalue weighted by Gasteiger charge is 2.17. The second-order valence-corrected chi connectivity index (χ2v) is 6.13. The van der Waals surface area contributed by atoms with E-state index >= 15 is 0 Å². The van der Waals surface area contributed by atoms with Gasteiger partial charge in [0.15, 0.2) is 5.78 Å². The van der Waals surface area contributed by atoms with Crippen molar-refractivity contribution in [2.24, 2.45) is 0 Å². The van der Waals surface area contributed by atoms with Crippen LogP contribution in [0.5, 0.6) is 0 Å². The van der Waals surface area contributed by atoms with Gasteiger partial charge in [0.2, 0.25) is 0 Å². The summed E-state index contributed by atoms with van der Waals surface area (Å²) in [6.45, 7) is 0. The van der Waals surface area contributed by atoms with Crippen LogP contribution in [0.15, 0.2) is 53.7 Å². The Morgan fingerprint density at radius 1 is 1.16 bits per heavy atom. The number of halogens is 1. The van der Waals surface area contributed by atoms with Crippen molar-refractivity contribution < 1.29 is 13.2 Å². The normalized spacial score (nSPS) is 11.4. The maximum Gasteiger partial charge on any atom is 0.267 e. The number of hydrogen-bond acceptors (Lipinski definition) is 3. The summed E-state index contributed by atoms with van der Waals surface area (Å²) in [4.78, 5) is 11.8. The molecule has 2 aromatic rings. The van der Waals surface area contributed by atoms with Gasteiger partial charge >= 0.3 is 0 Å². The van der Waals surface area contributed by atoms with Gasteiger partial charge in [-0.25, -0.2) is 12.4 Å². The van der Waals surface area contributed by atoms with Gasteiger partial charge in [-0.15, -0.1) is 11.6 Å². The minimum atomic E-state index is -3.64. The number of nitrogens with zero attached hydrogens (tertiary/aromatic N) is 1. The third kappa shape index (κ3) is 2.88. The Balaban J connectivity index is 2.36. The zero-order valence-corrected chi connectivity index (χ0v) is 11.6. The molecule has 0 N–H and O–H groups in total. The monoisotopic (exact) mass is 297 g/mol. The molecule has 4 nitrogen and oxygen atoms in total. The summed E-state index contributed by atoms with van der Waals surface area (Å²) in [7, 11) is -3.64. The maximum atomic E-state index is 12.3. The van der Waals surface area contributed by atoms with E-state index in [0.29, 0.717) is 5.56 Å². The number of hydrogen-bond donors (Lipinski definition) is 0. The van der Waals surface area contributed by atoms with Gasteiger partial charge in [0.05, 0.1) is 4.90 Å². The second kappa shape index (κ2) is 5.59. The molecule has 0 radical (unpaired) electrons. The summed E-state index contributed by atoms with van der Waals surface area (Å²) in [5.41, 5.74) is 0.347. The maximum absolute atomic E-state index is 12.3. The molecule has 0 aliphatic rings. The van der Waals surface area contributed by atoms with Crippen molar-refractivity contribution in [2.75, 3.05) is 5.88 Å². The summed E-state index contributed by atoms with van der Waals surface area (Å²) in [6, 6.07) is 9.54. The highest BCUT2D eigenvalue weighted by atomic mass is 35.5. The van der Waals surface area contributed by atoms with Crippen LogP contribution in [0.2, 0.25) is 0 Å². The highest BCUT2D eigenvalue weighted by Crippen LogP contribution is 2.15. The van der Waals surface area contributed by atoms with Crippen LogP contribution < -0.4 is 0 Å². The molecule has 0 unspecified atom stereocenters. The zero-order valence-electron chi connectivity index (χ0n) is 9.99. The number of carbonyl (C=O) groups excluding carboxylic acids is 1. The van der Waals surface area contributed by atoms with Crippen LogP contribution in [0, 0.1) is 0 Å². The van der Waals surface area contributed by atoms with Crippen LogP contribution in [0.4, 0.5) is 0 Å². The van der Waals surface area contributed by atoms with Crippen LogP contribution in [-0.4, -0.2) is 24.1 Å². The van der Waals surface area contributed by atoms with Gasteiger partial charge in [-0.3, -0.25) is 4.79 Å². The van der Waals surface area contributed by atoms with E-state index in [0.717, 1.165) is 3.97 Å². The lowest BCUT2D eigenvalue weighted by Crippen LogP contribution is -2.11. The van der Waals surface area contributed by atoms with Crippen molar-refractivity contribution in [1.29, 1.82) is 0 Å². The van der Waals surface area contributed by atoms with E-state index in [1.807, 2.05) is 0 Å². The third-order valence-corrected chi connectivity index (χ3v) is 4.47. The molecule has 0 amide bonds. The molecule has 1 heterocycles. The first-order valence-electron chi connectivity index (χ1n) is 5.63. The van der Waals surface area contributed by atoms with E-state index in [9.17, 15) is 13.2 Å². The van der Waals surface area contributed by atoms with Gasteiger partial charge in [-0.2, -0.15) is 0 Å². The summed E-state index contributed by atoms with van der Waals surface area (Å²) < 4.78 is 25.6. The van der Waals surface area contributed by atoms with Crippen molar-refractivity contribution in [3.63, 3.8) is 0 Å². The third-order valence-electron chi connectivity index (χ3n) is 2.63. The molecule has 2 rings (SSSR count). The van der Waals surface area contributed by atoms with Crippen molar-refractivity contribution in [2.45, 2.75) is 11.3 Å². The number of alkyl halides is 1. The van der Waals surface area contributed by atoms with Crippen LogP contribution in [0.3, 0.4) is 0 Å². The molecule has 6 heteroatoms. The van der Waals surface area contributed by atoms with Gasteiger partial charge in [-0.1, -0.05) is 18.2 Å². The first-order chi connectivity index (χ1) is 9.05. The number of aromatic nitrogens is 1. The molecule has 0 bridgehead atoms. The van der Waals surface area contributed by atoms with Crippen LogP contribution >= 0.6 is 11.6 Å². The fourth-order valence-corrected chi connectivity index (χ4v) is 3.03. The fourth-order valence-electron chi connectivity index (χ4n) is 1.64. The van der Waals surface area contributed by atoms with Crippen LogP contribution in [0.25, 0.3) is 0 Å². The average Bonchev–Trinajstić information content (AvgIpc) is 2.90. The molecule has 0 aliphatic carbocycles. The van der Waals surface area contributed by atoms with Crippen molar-refractivity contribution in [3.05, 3.63) is 54.4 Å². The number of ketones is 1. The molecule has 0 spiro atoms. The average molecular weight is 298 g/mol. The van der Waals surface area contributed by atoms with Crippen molar-refractivity contribution in [1.82, 2.24) is 3.97 Å². The van der Waals surface area contributed by atoms with Gasteiger partial charge < -0.3 is 0 Å². The van der Waals surface area contributed by atoms with E-state index in [2.05, 4.69) is 0 Å². The Morgan fingerprint density at radius 2 is 1.84 bits per heavy atom. The number of carbonyl (C=O) groups is 1. The van der Waals surface area contributed by atoms with Gasteiger partial charge in [0.1, 0.15) is 0 Å². The molecule has 0 aliphatic heterocycles. The molecule has 1 aromatic heterocycles. The topological polar surface area (TPSA) is 56.1 Å². The Hall–Kier alpha value is -1.59. The lowest BCUT2D eigenvalue weighted by molar-refractivity contribution is 0.0989. The standard InChI is InChI=1S/C13H12ClNO3S/c14-8-6-13(16)11-7-9-15(10-11)19(17,18)12-4-2-1-3-5-12/h1-5,7,9-10H,6,8H2. The molecular formula is C13H12ClNO3S. The van der Waals surface area contributed by atoms with E-state index in [1.54, 1.807) is 18.2 Å². The van der Waals surface area contributed by atoms with E-state index in [-0.39, 0.29) is 23.0 Å². The predicted molar refractivity (Wildman–Crippen MR) is 73.1 cm³/mol. The lowest BCUT2D eigenvalue weighted by Gasteiger charge is -2.04. The predicted octanol–water partition coefficient (Wildman–Crippen LogP) is 2.54. The molecule has 1 aromatic carbocycles. The molecule has 0 atom stereocenters. The molecule has 0 fully saturated rings. The SMILES string of the molecule is O=C(CCCl)c1ccn(S(=O)(=O)c2ccccc2)c1. The van der Waals surface area contributed by atoms with Crippen molar-refractivity contribution in [3.8, 4) is 0 Å². The number of benzene rings is 1. The van der Waals surface area contributed by atoms with E-state index in [4.69, 9.17) is 11.6 Å². The summed E-state index contributed by atoms with van der Waals surface area (Å²) in [5, 5.41) is 0. The summed E-state index contributed by atoms with van der Waals surface area (Å²) in [6.07, 6.45) is 2.87. The first kappa shape index (κ1) is 13.8. The Morgan fingerprint density at radius 3 is 2.47 bits per heavy atom. The minimum absolute atomic E-state index is 0.169. The lowest BCUT2D eigenvalue weighted by atomic mass is 10.2. The molecule has 100 valence electrons. The Kier molecular flexibility index (Phi) is 4.07.